The highest BCUT2D eigenvalue weighted by Gasteiger charge is 2.42. The summed E-state index contributed by atoms with van der Waals surface area (Å²) in [5.41, 5.74) is 1.12. The summed E-state index contributed by atoms with van der Waals surface area (Å²) in [5.74, 6) is -2.69. The molecule has 2 atom stereocenters. The van der Waals surface area contributed by atoms with Gasteiger partial charge in [-0.1, -0.05) is 45.0 Å². The number of non-ortho nitro benzene ring substituents is 1. The van der Waals surface area contributed by atoms with Crippen molar-refractivity contribution in [3.8, 4) is 0 Å². The normalized spacial score (nSPS) is 18.3. The van der Waals surface area contributed by atoms with Gasteiger partial charge in [0.25, 0.3) is 5.69 Å². The van der Waals surface area contributed by atoms with Gasteiger partial charge in [0.15, 0.2) is 9.84 Å². The Bertz CT molecular complexity index is 1350. The summed E-state index contributed by atoms with van der Waals surface area (Å²) in [6.45, 7) is 7.87. The van der Waals surface area contributed by atoms with Crippen LogP contribution in [-0.2, 0) is 20.0 Å². The van der Waals surface area contributed by atoms with Crippen molar-refractivity contribution in [2.75, 3.05) is 19.0 Å². The standard InChI is InChI=1S/C26H32N4O7S/c1-17-22(24(31)32)23(18-7-5-8-20(15-18)30(34)35)29(25(33)28-17)14-6-13-27-16-38(36,37)21-11-9-19(10-12-21)26(2,3)4/h5,7-12,15,22-23,27H,6,13-14,16H2,1-4H3,(H,31,32). The second-order valence-electron chi connectivity index (χ2n) is 10.2. The molecule has 1 aliphatic heterocycles. The van der Waals surface area contributed by atoms with E-state index < -0.39 is 38.7 Å². The first kappa shape index (κ1) is 28.9. The topological polar surface area (TPSA) is 159 Å². The molecule has 2 amide bonds. The number of nitro benzene ring substituents is 1. The maximum Gasteiger partial charge on any atom is 0.344 e. The molecule has 2 aromatic rings. The van der Waals surface area contributed by atoms with Gasteiger partial charge in [-0.05, 0) is 48.6 Å². The molecule has 0 bridgehead atoms. The molecule has 0 aromatic heterocycles. The van der Waals surface area contributed by atoms with Crippen molar-refractivity contribution in [1.29, 1.82) is 0 Å². The van der Waals surface area contributed by atoms with Gasteiger partial charge in [-0.25, -0.2) is 18.2 Å². The second kappa shape index (κ2) is 11.4. The number of aliphatic carboxylic acids is 1. The smallest absolute Gasteiger partial charge is 0.344 e. The summed E-state index contributed by atoms with van der Waals surface area (Å²) in [6.07, 6.45) is 0.302. The van der Waals surface area contributed by atoms with Crippen molar-refractivity contribution in [1.82, 2.24) is 10.2 Å². The Balaban J connectivity index is 1.70. The Morgan fingerprint density at radius 2 is 1.84 bits per heavy atom. The Labute approximate surface area is 221 Å². The third kappa shape index (κ3) is 6.62. The molecule has 0 saturated heterocycles. The number of nitrogens with zero attached hydrogens (tertiary/aromatic N) is 3. The molecule has 1 aliphatic rings. The van der Waals surface area contributed by atoms with Crippen molar-refractivity contribution in [2.45, 2.75) is 50.5 Å². The predicted octanol–water partition coefficient (Wildman–Crippen LogP) is 3.94. The summed E-state index contributed by atoms with van der Waals surface area (Å²) in [7, 11) is -3.59. The minimum absolute atomic E-state index is 0.0695. The Hall–Kier alpha value is -3.64. The zero-order valence-electron chi connectivity index (χ0n) is 21.7. The number of nitrogens with one attached hydrogen (secondary N) is 1. The minimum atomic E-state index is -3.59. The van der Waals surface area contributed by atoms with Gasteiger partial charge in [0.05, 0.1) is 15.9 Å². The number of sulfone groups is 1. The van der Waals surface area contributed by atoms with Crippen LogP contribution in [0.4, 0.5) is 10.5 Å². The van der Waals surface area contributed by atoms with E-state index in [-0.39, 0.29) is 40.7 Å². The van der Waals surface area contributed by atoms with E-state index in [0.29, 0.717) is 12.0 Å². The fraction of sp³-hybridized carbons (Fsp3) is 0.423. The summed E-state index contributed by atoms with van der Waals surface area (Å²) in [6, 6.07) is 10.6. The summed E-state index contributed by atoms with van der Waals surface area (Å²) < 4.78 is 25.4. The SMILES string of the molecule is CC1=NC(=O)N(CCCNCS(=O)(=O)c2ccc(C(C)(C)C)cc2)C(c2cccc([N+](=O)[O-])c2)C1C(=O)O. The Morgan fingerprint density at radius 1 is 1.18 bits per heavy atom. The van der Waals surface area contributed by atoms with Crippen LogP contribution < -0.4 is 5.32 Å². The summed E-state index contributed by atoms with van der Waals surface area (Å²) in [4.78, 5) is 40.9. The van der Waals surface area contributed by atoms with Crippen molar-refractivity contribution in [3.05, 3.63) is 69.8 Å². The first-order chi connectivity index (χ1) is 17.7. The molecule has 12 heteroatoms. The highest BCUT2D eigenvalue weighted by molar-refractivity contribution is 7.91. The third-order valence-electron chi connectivity index (χ3n) is 6.43. The second-order valence-corrected chi connectivity index (χ2v) is 12.2. The zero-order chi connectivity index (χ0) is 28.3. The first-order valence-electron chi connectivity index (χ1n) is 12.1. The molecule has 3 rings (SSSR count). The van der Waals surface area contributed by atoms with Crippen molar-refractivity contribution >= 4 is 33.2 Å². The van der Waals surface area contributed by atoms with Crippen LogP contribution in [0.25, 0.3) is 0 Å². The van der Waals surface area contributed by atoms with Gasteiger partial charge in [-0.15, -0.1) is 0 Å². The highest BCUT2D eigenvalue weighted by atomic mass is 32.2. The molecule has 204 valence electrons. The monoisotopic (exact) mass is 544 g/mol. The van der Waals surface area contributed by atoms with E-state index in [4.69, 9.17) is 0 Å². The maximum absolute atomic E-state index is 12.8. The molecule has 0 fully saturated rings. The van der Waals surface area contributed by atoms with E-state index >= 15 is 0 Å². The average Bonchev–Trinajstić information content (AvgIpc) is 2.83. The number of urea groups is 1. The highest BCUT2D eigenvalue weighted by Crippen LogP contribution is 2.35. The van der Waals surface area contributed by atoms with Crippen LogP contribution in [0.1, 0.15) is 51.3 Å². The molecular formula is C26H32N4O7S. The number of carboxylic acids is 1. The van der Waals surface area contributed by atoms with Gasteiger partial charge in [0.1, 0.15) is 11.8 Å². The van der Waals surface area contributed by atoms with Gasteiger partial charge in [-0.2, -0.15) is 0 Å². The number of nitro groups is 1. The number of carboxylic acid groups (broad SMARTS) is 1. The number of aliphatic imine (C=N–C) groups is 1. The number of carbonyl (C=O) groups excluding carboxylic acids is 1. The van der Waals surface area contributed by atoms with Crippen LogP contribution in [0.15, 0.2) is 58.4 Å². The quantitative estimate of drug-likeness (QED) is 0.258. The molecule has 0 radical (unpaired) electrons. The van der Waals surface area contributed by atoms with E-state index in [1.54, 1.807) is 30.3 Å². The average molecular weight is 545 g/mol. The van der Waals surface area contributed by atoms with Crippen LogP contribution in [-0.4, -0.2) is 60.0 Å². The molecule has 11 nitrogen and oxygen atoms in total. The zero-order valence-corrected chi connectivity index (χ0v) is 22.6. The molecular weight excluding hydrogens is 512 g/mol. The van der Waals surface area contributed by atoms with Crippen molar-refractivity contribution in [3.63, 3.8) is 0 Å². The summed E-state index contributed by atoms with van der Waals surface area (Å²) in [5, 5.41) is 24.0. The van der Waals surface area contributed by atoms with Crippen LogP contribution in [0.2, 0.25) is 0 Å². The Morgan fingerprint density at radius 3 is 2.42 bits per heavy atom. The van der Waals surface area contributed by atoms with E-state index in [9.17, 15) is 33.2 Å². The lowest BCUT2D eigenvalue weighted by Crippen LogP contribution is -2.47. The number of rotatable bonds is 10. The van der Waals surface area contributed by atoms with Gasteiger partial charge in [-0.3, -0.25) is 14.9 Å². The fourth-order valence-corrected chi connectivity index (χ4v) is 5.51. The van der Waals surface area contributed by atoms with E-state index in [0.717, 1.165) is 5.56 Å². The van der Waals surface area contributed by atoms with E-state index in [1.165, 1.54) is 30.0 Å². The van der Waals surface area contributed by atoms with Gasteiger partial charge < -0.3 is 15.3 Å². The van der Waals surface area contributed by atoms with Gasteiger partial charge in [0.2, 0.25) is 0 Å². The lowest BCUT2D eigenvalue weighted by Gasteiger charge is -2.37. The van der Waals surface area contributed by atoms with Gasteiger partial charge in [0, 0.05) is 24.4 Å². The summed E-state index contributed by atoms with van der Waals surface area (Å²) >= 11 is 0. The number of hydrogen-bond donors (Lipinski definition) is 2. The predicted molar refractivity (Wildman–Crippen MR) is 142 cm³/mol. The van der Waals surface area contributed by atoms with Crippen LogP contribution in [0.5, 0.6) is 0 Å². The number of hydrogen-bond acceptors (Lipinski definition) is 7. The number of benzene rings is 2. The van der Waals surface area contributed by atoms with Crippen molar-refractivity contribution < 1.29 is 28.0 Å². The Kier molecular flexibility index (Phi) is 8.68. The lowest BCUT2D eigenvalue weighted by atomic mass is 9.86. The van der Waals surface area contributed by atoms with Crippen LogP contribution in [0.3, 0.4) is 0 Å². The molecule has 2 aromatic carbocycles. The largest absolute Gasteiger partial charge is 0.481 e. The molecule has 0 saturated carbocycles. The lowest BCUT2D eigenvalue weighted by molar-refractivity contribution is -0.385. The third-order valence-corrected chi connectivity index (χ3v) is 8.01. The molecule has 2 N–H and O–H groups in total. The molecule has 0 aliphatic carbocycles. The fourth-order valence-electron chi connectivity index (χ4n) is 4.38. The van der Waals surface area contributed by atoms with E-state index in [2.05, 4.69) is 10.3 Å². The number of carbonyl (C=O) groups is 2. The minimum Gasteiger partial charge on any atom is -0.481 e. The molecule has 2 unspecified atom stereocenters. The van der Waals surface area contributed by atoms with E-state index in [1.807, 2.05) is 20.8 Å². The van der Waals surface area contributed by atoms with Crippen LogP contribution in [0, 0.1) is 16.0 Å². The van der Waals surface area contributed by atoms with Crippen LogP contribution >= 0.6 is 0 Å². The first-order valence-corrected chi connectivity index (χ1v) is 13.7. The molecule has 38 heavy (non-hydrogen) atoms. The number of amides is 2. The molecule has 1 heterocycles. The van der Waals surface area contributed by atoms with Gasteiger partial charge >= 0.3 is 12.0 Å². The maximum atomic E-state index is 12.8. The molecule has 0 spiro atoms. The van der Waals surface area contributed by atoms with Crippen molar-refractivity contribution in [2.24, 2.45) is 10.9 Å².